The number of nitrogens with zero attached hydrogens (tertiary/aromatic N) is 4. The molecule has 2 heterocycles. The molecule has 6 heteroatoms. The van der Waals surface area contributed by atoms with Gasteiger partial charge in [-0.05, 0) is 33.2 Å². The first-order valence-electron chi connectivity index (χ1n) is 8.26. The molecule has 1 aliphatic rings. The Morgan fingerprint density at radius 1 is 1.25 bits per heavy atom. The Hall–Kier alpha value is -2.34. The van der Waals surface area contributed by atoms with Crippen molar-refractivity contribution >= 4 is 17.3 Å². The number of carbonyl (C=O) groups is 1. The molecular weight excluding hydrogens is 304 g/mol. The van der Waals surface area contributed by atoms with E-state index < -0.39 is 0 Å². The SMILES string of the molecule is Cc1cc(CC(=O)N2CCN(CCN(C)C)c3ccccc32)no1. The summed E-state index contributed by atoms with van der Waals surface area (Å²) in [6.45, 7) is 5.31. The van der Waals surface area contributed by atoms with Crippen LogP contribution in [0.25, 0.3) is 0 Å². The number of aromatic nitrogens is 1. The van der Waals surface area contributed by atoms with E-state index in [2.05, 4.69) is 35.1 Å². The molecular formula is C18H24N4O2. The number of hydrogen-bond donors (Lipinski definition) is 0. The van der Waals surface area contributed by atoms with Crippen LogP contribution in [0.5, 0.6) is 0 Å². The van der Waals surface area contributed by atoms with Gasteiger partial charge in [-0.1, -0.05) is 17.3 Å². The number of aryl methyl sites for hydroxylation is 1. The van der Waals surface area contributed by atoms with Crippen LogP contribution in [0.2, 0.25) is 0 Å². The van der Waals surface area contributed by atoms with Crippen molar-refractivity contribution in [2.45, 2.75) is 13.3 Å². The van der Waals surface area contributed by atoms with Crippen LogP contribution in [0, 0.1) is 6.92 Å². The minimum Gasteiger partial charge on any atom is -0.367 e. The molecule has 0 bridgehead atoms. The summed E-state index contributed by atoms with van der Waals surface area (Å²) >= 11 is 0. The molecule has 1 amide bonds. The van der Waals surface area contributed by atoms with Gasteiger partial charge in [0.15, 0.2) is 0 Å². The molecule has 1 aromatic heterocycles. The van der Waals surface area contributed by atoms with Crippen molar-refractivity contribution in [3.63, 3.8) is 0 Å². The number of rotatable bonds is 5. The van der Waals surface area contributed by atoms with Crippen molar-refractivity contribution in [3.8, 4) is 0 Å². The van der Waals surface area contributed by atoms with Crippen LogP contribution >= 0.6 is 0 Å². The Bertz CT molecular complexity index is 711. The lowest BCUT2D eigenvalue weighted by Crippen LogP contribution is -2.46. The maximum Gasteiger partial charge on any atom is 0.233 e. The van der Waals surface area contributed by atoms with Crippen LogP contribution in [-0.2, 0) is 11.2 Å². The number of fused-ring (bicyclic) bond motifs is 1. The molecule has 0 fully saturated rings. The maximum absolute atomic E-state index is 12.7. The maximum atomic E-state index is 12.7. The normalized spacial score (nSPS) is 14.2. The molecule has 2 aromatic rings. The van der Waals surface area contributed by atoms with Crippen LogP contribution in [0.15, 0.2) is 34.9 Å². The zero-order valence-electron chi connectivity index (χ0n) is 14.5. The number of benzene rings is 1. The molecule has 128 valence electrons. The zero-order valence-corrected chi connectivity index (χ0v) is 14.5. The molecule has 0 saturated heterocycles. The standard InChI is InChI=1S/C18H24N4O2/c1-14-12-15(19-24-14)13-18(23)22-11-10-21(9-8-20(2)3)16-6-4-5-7-17(16)22/h4-7,12H,8-11,13H2,1-3H3. The second-order valence-corrected chi connectivity index (χ2v) is 6.43. The predicted molar refractivity (Wildman–Crippen MR) is 94.5 cm³/mol. The molecule has 0 spiro atoms. The molecule has 1 aliphatic heterocycles. The fraction of sp³-hybridized carbons (Fsp3) is 0.444. The predicted octanol–water partition coefficient (Wildman–Crippen LogP) is 1.94. The average Bonchev–Trinajstić information content (AvgIpc) is 2.97. The van der Waals surface area contributed by atoms with Crippen molar-refractivity contribution in [2.75, 3.05) is 50.1 Å². The third kappa shape index (κ3) is 3.59. The molecule has 0 atom stereocenters. The van der Waals surface area contributed by atoms with Crippen LogP contribution in [0.4, 0.5) is 11.4 Å². The van der Waals surface area contributed by atoms with Gasteiger partial charge in [-0.15, -0.1) is 0 Å². The number of likely N-dealkylation sites (N-methyl/N-ethyl adjacent to an activating group) is 1. The third-order valence-electron chi connectivity index (χ3n) is 4.23. The number of hydrogen-bond acceptors (Lipinski definition) is 5. The van der Waals surface area contributed by atoms with Gasteiger partial charge in [0, 0.05) is 32.2 Å². The smallest absolute Gasteiger partial charge is 0.233 e. The molecule has 6 nitrogen and oxygen atoms in total. The summed E-state index contributed by atoms with van der Waals surface area (Å²) in [7, 11) is 4.15. The summed E-state index contributed by atoms with van der Waals surface area (Å²) in [5, 5.41) is 3.93. The lowest BCUT2D eigenvalue weighted by Gasteiger charge is -2.38. The third-order valence-corrected chi connectivity index (χ3v) is 4.23. The zero-order chi connectivity index (χ0) is 17.1. The van der Waals surface area contributed by atoms with Crippen molar-refractivity contribution < 1.29 is 9.32 Å². The van der Waals surface area contributed by atoms with Crippen LogP contribution in [0.1, 0.15) is 11.5 Å². The highest BCUT2D eigenvalue weighted by molar-refractivity contribution is 5.98. The van der Waals surface area contributed by atoms with Gasteiger partial charge < -0.3 is 19.2 Å². The lowest BCUT2D eigenvalue weighted by atomic mass is 10.1. The Morgan fingerprint density at radius 3 is 2.67 bits per heavy atom. The summed E-state index contributed by atoms with van der Waals surface area (Å²) in [5.74, 6) is 0.787. The molecule has 0 radical (unpaired) electrons. The molecule has 24 heavy (non-hydrogen) atoms. The fourth-order valence-corrected chi connectivity index (χ4v) is 2.99. The Morgan fingerprint density at radius 2 is 2.00 bits per heavy atom. The van der Waals surface area contributed by atoms with E-state index in [1.54, 1.807) is 0 Å². The lowest BCUT2D eigenvalue weighted by molar-refractivity contribution is -0.118. The van der Waals surface area contributed by atoms with E-state index in [-0.39, 0.29) is 12.3 Å². The fourth-order valence-electron chi connectivity index (χ4n) is 2.99. The first-order chi connectivity index (χ1) is 11.5. The van der Waals surface area contributed by atoms with Crippen molar-refractivity contribution in [3.05, 3.63) is 41.8 Å². The minimum atomic E-state index is 0.0583. The number of para-hydroxylation sites is 2. The van der Waals surface area contributed by atoms with E-state index in [0.717, 1.165) is 36.8 Å². The second kappa shape index (κ2) is 7.05. The molecule has 0 unspecified atom stereocenters. The van der Waals surface area contributed by atoms with Gasteiger partial charge in [0.2, 0.25) is 5.91 Å². The summed E-state index contributed by atoms with van der Waals surface area (Å²) in [6, 6.07) is 9.93. The highest BCUT2D eigenvalue weighted by Gasteiger charge is 2.26. The van der Waals surface area contributed by atoms with Crippen LogP contribution < -0.4 is 9.80 Å². The van der Waals surface area contributed by atoms with Gasteiger partial charge in [-0.3, -0.25) is 4.79 Å². The topological polar surface area (TPSA) is 52.8 Å². The first kappa shape index (κ1) is 16.5. The average molecular weight is 328 g/mol. The number of anilines is 2. The molecule has 0 aliphatic carbocycles. The highest BCUT2D eigenvalue weighted by atomic mass is 16.5. The van der Waals surface area contributed by atoms with Gasteiger partial charge in [0.25, 0.3) is 0 Å². The summed E-state index contributed by atoms with van der Waals surface area (Å²) in [5.41, 5.74) is 2.79. The highest BCUT2D eigenvalue weighted by Crippen LogP contribution is 2.33. The second-order valence-electron chi connectivity index (χ2n) is 6.43. The first-order valence-corrected chi connectivity index (χ1v) is 8.26. The number of carbonyl (C=O) groups excluding carboxylic acids is 1. The largest absolute Gasteiger partial charge is 0.367 e. The van der Waals surface area contributed by atoms with Gasteiger partial charge in [-0.2, -0.15) is 0 Å². The van der Waals surface area contributed by atoms with E-state index in [0.29, 0.717) is 12.2 Å². The van der Waals surface area contributed by atoms with Gasteiger partial charge in [0.1, 0.15) is 5.76 Å². The van der Waals surface area contributed by atoms with Crippen molar-refractivity contribution in [1.82, 2.24) is 10.1 Å². The van der Waals surface area contributed by atoms with E-state index in [4.69, 9.17) is 4.52 Å². The van der Waals surface area contributed by atoms with Crippen LogP contribution in [-0.4, -0.2) is 56.2 Å². The summed E-state index contributed by atoms with van der Waals surface area (Å²) in [4.78, 5) is 19.1. The quantitative estimate of drug-likeness (QED) is 0.839. The monoisotopic (exact) mass is 328 g/mol. The Labute approximate surface area is 142 Å². The van der Waals surface area contributed by atoms with E-state index in [1.165, 1.54) is 0 Å². The van der Waals surface area contributed by atoms with Crippen molar-refractivity contribution in [1.29, 1.82) is 0 Å². The van der Waals surface area contributed by atoms with Gasteiger partial charge in [-0.25, -0.2) is 0 Å². The molecule has 1 aromatic carbocycles. The van der Waals surface area contributed by atoms with Gasteiger partial charge in [0.05, 0.1) is 23.5 Å². The van der Waals surface area contributed by atoms with E-state index >= 15 is 0 Å². The molecule has 0 saturated carbocycles. The van der Waals surface area contributed by atoms with E-state index in [1.807, 2.05) is 36.1 Å². The summed E-state index contributed by atoms with van der Waals surface area (Å²) in [6.07, 6.45) is 0.267. The van der Waals surface area contributed by atoms with Gasteiger partial charge >= 0.3 is 0 Å². The minimum absolute atomic E-state index is 0.0583. The Kier molecular flexibility index (Phi) is 4.85. The van der Waals surface area contributed by atoms with Crippen LogP contribution in [0.3, 0.4) is 0 Å². The number of amides is 1. The summed E-state index contributed by atoms with van der Waals surface area (Å²) < 4.78 is 5.06. The van der Waals surface area contributed by atoms with E-state index in [9.17, 15) is 4.79 Å². The molecule has 0 N–H and O–H groups in total. The van der Waals surface area contributed by atoms with Crippen molar-refractivity contribution in [2.24, 2.45) is 0 Å². The Balaban J connectivity index is 1.77. The molecule has 3 rings (SSSR count).